The topological polar surface area (TPSA) is 89.5 Å². The van der Waals surface area contributed by atoms with Crippen LogP contribution in [0.5, 0.6) is 34.5 Å². The molecule has 2 aromatic rings. The Morgan fingerprint density at radius 3 is 1.28 bits per heavy atom. The Balaban J connectivity index is 3.00. The van der Waals surface area contributed by atoms with Crippen molar-refractivity contribution in [2.75, 3.05) is 26.4 Å². The van der Waals surface area contributed by atoms with Gasteiger partial charge in [0.15, 0.2) is 23.0 Å². The summed E-state index contributed by atoms with van der Waals surface area (Å²) < 4.78 is 35.6. The number of carbonyl (C=O) groups excluding carboxylic acids is 2. The molecule has 2 rings (SSSR count). The molecule has 0 radical (unpaired) electrons. The summed E-state index contributed by atoms with van der Waals surface area (Å²) >= 11 is 0. The zero-order valence-corrected chi connectivity index (χ0v) is 24.1. The molecule has 0 atom stereocenters. The van der Waals surface area contributed by atoms with Gasteiger partial charge in [0.25, 0.3) is 0 Å². The predicted molar refractivity (Wildman–Crippen MR) is 151 cm³/mol. The van der Waals surface area contributed by atoms with Gasteiger partial charge in [0.2, 0.25) is 0 Å². The van der Waals surface area contributed by atoms with E-state index in [0.717, 1.165) is 12.2 Å². The maximum atomic E-state index is 12.2. The molecule has 0 N–H and O–H groups in total. The lowest BCUT2D eigenvalue weighted by Crippen LogP contribution is -2.14. The SMILES string of the molecule is C=CC(=O)Oc1cc(C(CC)c2cc(OC(=O)C=C)c(C)c(OCC)c2OCC)c(OCC)c(OCC)c1C. The van der Waals surface area contributed by atoms with E-state index in [0.29, 0.717) is 89.6 Å². The van der Waals surface area contributed by atoms with Crippen molar-refractivity contribution in [3.63, 3.8) is 0 Å². The summed E-state index contributed by atoms with van der Waals surface area (Å²) in [5, 5.41) is 0. The van der Waals surface area contributed by atoms with E-state index in [1.165, 1.54) is 0 Å². The molecule has 2 aromatic carbocycles. The van der Waals surface area contributed by atoms with Crippen molar-refractivity contribution in [2.24, 2.45) is 0 Å². The van der Waals surface area contributed by atoms with Crippen molar-refractivity contribution in [3.8, 4) is 34.5 Å². The van der Waals surface area contributed by atoms with Crippen molar-refractivity contribution in [3.05, 3.63) is 59.7 Å². The van der Waals surface area contributed by atoms with Crippen molar-refractivity contribution < 1.29 is 38.0 Å². The second-order valence-electron chi connectivity index (χ2n) is 8.44. The van der Waals surface area contributed by atoms with Crippen molar-refractivity contribution in [1.29, 1.82) is 0 Å². The van der Waals surface area contributed by atoms with Crippen LogP contribution in [-0.4, -0.2) is 38.4 Å². The van der Waals surface area contributed by atoms with Gasteiger partial charge in [-0.2, -0.15) is 0 Å². The standard InChI is InChI=1S/C31H40O8/c1-10-21(22-17-24(38-26(32)11-2)19(8)28(34-13-4)30(22)36-15-6)23-18-25(39-27(33)12-3)20(9)29(35-14-5)31(23)37-16-7/h11-12,17-18,21H,2-3,10,13-16H2,1,4-9H3. The van der Waals surface area contributed by atoms with Gasteiger partial charge < -0.3 is 28.4 Å². The van der Waals surface area contributed by atoms with Crippen LogP contribution in [0.2, 0.25) is 0 Å². The lowest BCUT2D eigenvalue weighted by molar-refractivity contribution is -0.129. The largest absolute Gasteiger partial charge is 0.490 e. The Kier molecular flexibility index (Phi) is 11.9. The number of hydrogen-bond donors (Lipinski definition) is 0. The van der Waals surface area contributed by atoms with Gasteiger partial charge in [-0.1, -0.05) is 20.1 Å². The zero-order valence-electron chi connectivity index (χ0n) is 24.1. The maximum Gasteiger partial charge on any atom is 0.335 e. The molecule has 0 unspecified atom stereocenters. The molecule has 0 aliphatic carbocycles. The Morgan fingerprint density at radius 1 is 0.667 bits per heavy atom. The van der Waals surface area contributed by atoms with Crippen molar-refractivity contribution in [2.45, 2.75) is 60.8 Å². The number of hydrogen-bond acceptors (Lipinski definition) is 8. The van der Waals surface area contributed by atoms with Gasteiger partial charge in [-0.05, 0) is 60.1 Å². The lowest BCUT2D eigenvalue weighted by Gasteiger charge is -2.27. The number of ether oxygens (including phenoxy) is 6. The Labute approximate surface area is 231 Å². The molecule has 0 saturated heterocycles. The maximum absolute atomic E-state index is 12.2. The summed E-state index contributed by atoms with van der Waals surface area (Å²) in [5.74, 6) is 1.15. The van der Waals surface area contributed by atoms with Gasteiger partial charge in [-0.3, -0.25) is 0 Å². The first-order valence-corrected chi connectivity index (χ1v) is 13.3. The Bertz CT molecular complexity index is 1110. The molecule has 0 saturated carbocycles. The molecule has 0 amide bonds. The van der Waals surface area contributed by atoms with Crippen LogP contribution in [0.1, 0.15) is 69.2 Å². The third kappa shape index (κ3) is 7.13. The van der Waals surface area contributed by atoms with E-state index in [-0.39, 0.29) is 5.92 Å². The number of benzene rings is 2. The van der Waals surface area contributed by atoms with Crippen LogP contribution in [0.3, 0.4) is 0 Å². The fourth-order valence-electron chi connectivity index (χ4n) is 4.32. The average Bonchev–Trinajstić information content (AvgIpc) is 2.92. The molecular formula is C31H40O8. The van der Waals surface area contributed by atoms with Crippen LogP contribution in [-0.2, 0) is 9.59 Å². The van der Waals surface area contributed by atoms with E-state index in [9.17, 15) is 9.59 Å². The Morgan fingerprint density at radius 2 is 1.00 bits per heavy atom. The van der Waals surface area contributed by atoms with Crippen LogP contribution >= 0.6 is 0 Å². The van der Waals surface area contributed by atoms with Crippen LogP contribution in [0.15, 0.2) is 37.4 Å². The van der Waals surface area contributed by atoms with Gasteiger partial charge in [0.05, 0.1) is 26.4 Å². The highest BCUT2D eigenvalue weighted by molar-refractivity contribution is 5.85. The van der Waals surface area contributed by atoms with Crippen LogP contribution in [0, 0.1) is 13.8 Å². The van der Waals surface area contributed by atoms with E-state index in [2.05, 4.69) is 13.2 Å². The first kappa shape index (κ1) is 31.3. The highest BCUT2D eigenvalue weighted by atomic mass is 16.5. The molecule has 8 nitrogen and oxygen atoms in total. The highest BCUT2D eigenvalue weighted by Gasteiger charge is 2.30. The molecule has 0 aliphatic heterocycles. The summed E-state index contributed by atoms with van der Waals surface area (Å²) in [6.07, 6.45) is 2.80. The number of esters is 2. The molecule has 0 fully saturated rings. The summed E-state index contributed by atoms with van der Waals surface area (Å²) in [7, 11) is 0. The zero-order chi connectivity index (χ0) is 29.1. The molecule has 8 heteroatoms. The van der Waals surface area contributed by atoms with Crippen LogP contribution < -0.4 is 28.4 Å². The fraction of sp³-hybridized carbons (Fsp3) is 0.419. The van der Waals surface area contributed by atoms with Gasteiger partial charge >= 0.3 is 11.9 Å². The summed E-state index contributed by atoms with van der Waals surface area (Å²) in [5.41, 5.74) is 2.68. The molecule has 0 aromatic heterocycles. The van der Waals surface area contributed by atoms with Crippen molar-refractivity contribution in [1.82, 2.24) is 0 Å². The van der Waals surface area contributed by atoms with E-state index in [4.69, 9.17) is 28.4 Å². The van der Waals surface area contributed by atoms with Crippen LogP contribution in [0.4, 0.5) is 0 Å². The van der Waals surface area contributed by atoms with Gasteiger partial charge in [0.1, 0.15) is 11.5 Å². The average molecular weight is 541 g/mol. The Hall–Kier alpha value is -3.94. The quantitative estimate of drug-likeness (QED) is 0.141. The molecule has 212 valence electrons. The molecule has 0 aliphatic rings. The minimum atomic E-state index is -0.591. The summed E-state index contributed by atoms with van der Waals surface area (Å²) in [6, 6.07) is 3.56. The van der Waals surface area contributed by atoms with Gasteiger partial charge in [-0.25, -0.2) is 9.59 Å². The smallest absolute Gasteiger partial charge is 0.335 e. The fourth-order valence-corrected chi connectivity index (χ4v) is 4.32. The predicted octanol–water partition coefficient (Wildman–Crippen LogP) is 6.62. The lowest BCUT2D eigenvalue weighted by atomic mass is 9.85. The molecular weight excluding hydrogens is 500 g/mol. The van der Waals surface area contributed by atoms with Crippen molar-refractivity contribution >= 4 is 11.9 Å². The third-order valence-corrected chi connectivity index (χ3v) is 6.00. The summed E-state index contributed by atoms with van der Waals surface area (Å²) in [4.78, 5) is 24.4. The first-order valence-electron chi connectivity index (χ1n) is 13.3. The normalized spacial score (nSPS) is 10.6. The minimum absolute atomic E-state index is 0.327. The van der Waals surface area contributed by atoms with E-state index in [1.54, 1.807) is 12.1 Å². The van der Waals surface area contributed by atoms with Gasteiger partial charge in [0, 0.05) is 40.3 Å². The molecule has 39 heavy (non-hydrogen) atoms. The minimum Gasteiger partial charge on any atom is -0.490 e. The molecule has 0 spiro atoms. The van der Waals surface area contributed by atoms with E-state index >= 15 is 0 Å². The molecule has 0 bridgehead atoms. The number of carbonyl (C=O) groups is 2. The first-order chi connectivity index (χ1) is 18.7. The monoisotopic (exact) mass is 540 g/mol. The van der Waals surface area contributed by atoms with E-state index < -0.39 is 11.9 Å². The third-order valence-electron chi connectivity index (χ3n) is 6.00. The second kappa shape index (κ2) is 14.9. The number of rotatable bonds is 15. The molecule has 0 heterocycles. The van der Waals surface area contributed by atoms with Gasteiger partial charge in [-0.15, -0.1) is 0 Å². The second-order valence-corrected chi connectivity index (χ2v) is 8.44. The summed E-state index contributed by atoms with van der Waals surface area (Å²) in [6.45, 7) is 21.7. The van der Waals surface area contributed by atoms with Crippen LogP contribution in [0.25, 0.3) is 0 Å². The highest BCUT2D eigenvalue weighted by Crippen LogP contribution is 2.51. The van der Waals surface area contributed by atoms with E-state index in [1.807, 2.05) is 48.5 Å².